The topological polar surface area (TPSA) is 29.5 Å². The van der Waals surface area contributed by atoms with Gasteiger partial charge in [0.1, 0.15) is 11.4 Å². The van der Waals surface area contributed by atoms with Crippen molar-refractivity contribution < 1.29 is 9.53 Å². The molecule has 0 N–H and O–H groups in total. The number of rotatable bonds is 2. The highest BCUT2D eigenvalue weighted by atomic mass is 35.5. The second kappa shape index (κ2) is 4.52. The molecule has 2 rings (SSSR count). The number of hydrogen-bond acceptors (Lipinski definition) is 2. The molecule has 0 aliphatic carbocycles. The second-order valence-corrected chi connectivity index (χ2v) is 4.62. The lowest BCUT2D eigenvalue weighted by Crippen LogP contribution is -2.25. The first-order chi connectivity index (χ1) is 7.63. The lowest BCUT2D eigenvalue weighted by Gasteiger charge is -2.20. The summed E-state index contributed by atoms with van der Waals surface area (Å²) >= 11 is 12.0. The van der Waals surface area contributed by atoms with Gasteiger partial charge in [-0.1, -0.05) is 17.7 Å². The van der Waals surface area contributed by atoms with E-state index in [1.165, 1.54) is 0 Å². The molecule has 0 radical (unpaired) electrons. The number of ether oxygens (including phenoxy) is 1. The average Bonchev–Trinajstić information content (AvgIpc) is 2.57. The number of anilines is 1. The summed E-state index contributed by atoms with van der Waals surface area (Å²) in [6.45, 7) is 0.473. The van der Waals surface area contributed by atoms with Crippen molar-refractivity contribution in [2.45, 2.75) is 11.8 Å². The maximum absolute atomic E-state index is 11.7. The first kappa shape index (κ1) is 11.6. The fourth-order valence-electron chi connectivity index (χ4n) is 1.80. The van der Waals surface area contributed by atoms with Crippen LogP contribution in [0.15, 0.2) is 18.2 Å². The van der Waals surface area contributed by atoms with Crippen LogP contribution in [0.4, 0.5) is 5.69 Å². The van der Waals surface area contributed by atoms with Crippen LogP contribution in [-0.2, 0) is 4.79 Å². The van der Waals surface area contributed by atoms with Crippen LogP contribution in [0.25, 0.3) is 0 Å². The molecule has 1 fully saturated rings. The van der Waals surface area contributed by atoms with Gasteiger partial charge in [-0.25, -0.2) is 0 Å². The molecule has 1 aromatic carbocycles. The van der Waals surface area contributed by atoms with Crippen LogP contribution in [0.2, 0.25) is 5.02 Å². The minimum atomic E-state index is -0.159. The maximum Gasteiger partial charge on any atom is 0.228 e. The number of halogens is 2. The van der Waals surface area contributed by atoms with Gasteiger partial charge in [0.2, 0.25) is 5.91 Å². The van der Waals surface area contributed by atoms with E-state index in [2.05, 4.69) is 0 Å². The first-order valence-electron chi connectivity index (χ1n) is 4.90. The molecule has 1 amide bonds. The first-order valence-corrected chi connectivity index (χ1v) is 5.72. The van der Waals surface area contributed by atoms with Gasteiger partial charge in [-0.15, -0.1) is 11.6 Å². The van der Waals surface area contributed by atoms with Crippen molar-refractivity contribution in [3.63, 3.8) is 0 Å². The van der Waals surface area contributed by atoms with Gasteiger partial charge in [-0.3, -0.25) is 4.79 Å². The van der Waals surface area contributed by atoms with Gasteiger partial charge in [-0.05, 0) is 12.1 Å². The van der Waals surface area contributed by atoms with Crippen molar-refractivity contribution in [3.8, 4) is 5.75 Å². The quantitative estimate of drug-likeness (QED) is 0.765. The van der Waals surface area contributed by atoms with Crippen LogP contribution in [0.1, 0.15) is 6.42 Å². The van der Waals surface area contributed by atoms with E-state index in [9.17, 15) is 4.79 Å². The standard InChI is InChI=1S/C11H11Cl2NO2/c1-16-9-4-2-3-8(13)11(9)14-6-7(12)5-10(14)15/h2-4,7H,5-6H2,1H3. The van der Waals surface area contributed by atoms with Crippen LogP contribution < -0.4 is 9.64 Å². The van der Waals surface area contributed by atoms with Crippen molar-refractivity contribution in [2.24, 2.45) is 0 Å². The van der Waals surface area contributed by atoms with Crippen molar-refractivity contribution in [1.82, 2.24) is 0 Å². The summed E-state index contributed by atoms with van der Waals surface area (Å²) in [6.07, 6.45) is 0.343. The molecule has 86 valence electrons. The number of amides is 1. The number of hydrogen-bond donors (Lipinski definition) is 0. The van der Waals surface area contributed by atoms with Gasteiger partial charge in [0, 0.05) is 13.0 Å². The number of benzene rings is 1. The molecule has 1 unspecified atom stereocenters. The van der Waals surface area contributed by atoms with Gasteiger partial charge in [-0.2, -0.15) is 0 Å². The molecule has 1 atom stereocenters. The molecule has 0 aromatic heterocycles. The molecule has 16 heavy (non-hydrogen) atoms. The Morgan fingerprint density at radius 1 is 1.50 bits per heavy atom. The Morgan fingerprint density at radius 2 is 2.25 bits per heavy atom. The van der Waals surface area contributed by atoms with Crippen LogP contribution in [0, 0.1) is 0 Å². The molecular formula is C11H11Cl2NO2. The van der Waals surface area contributed by atoms with Crippen LogP contribution >= 0.6 is 23.2 Å². The monoisotopic (exact) mass is 259 g/mol. The van der Waals surface area contributed by atoms with Crippen molar-refractivity contribution in [2.75, 3.05) is 18.6 Å². The van der Waals surface area contributed by atoms with Crippen molar-refractivity contribution >= 4 is 34.8 Å². The van der Waals surface area contributed by atoms with Crippen molar-refractivity contribution in [1.29, 1.82) is 0 Å². The molecule has 1 aliphatic heterocycles. The third-order valence-electron chi connectivity index (χ3n) is 2.52. The molecular weight excluding hydrogens is 249 g/mol. The summed E-state index contributed by atoms with van der Waals surface area (Å²) in [4.78, 5) is 13.3. The number of carbonyl (C=O) groups is 1. The number of nitrogens with zero attached hydrogens (tertiary/aromatic N) is 1. The van der Waals surface area contributed by atoms with Gasteiger partial charge in [0.25, 0.3) is 0 Å². The zero-order valence-corrected chi connectivity index (χ0v) is 10.3. The Morgan fingerprint density at radius 3 is 2.81 bits per heavy atom. The summed E-state index contributed by atoms with van der Waals surface area (Å²) in [5.41, 5.74) is 0.611. The summed E-state index contributed by atoms with van der Waals surface area (Å²) in [5.74, 6) is 0.568. The molecule has 0 spiro atoms. The van der Waals surface area contributed by atoms with E-state index in [0.29, 0.717) is 29.4 Å². The molecule has 1 aliphatic rings. The SMILES string of the molecule is COc1cccc(Cl)c1N1CC(Cl)CC1=O. The third kappa shape index (κ3) is 1.97. The zero-order chi connectivity index (χ0) is 11.7. The highest BCUT2D eigenvalue weighted by Gasteiger charge is 2.32. The Bertz CT molecular complexity index is 422. The minimum absolute atomic E-state index is 0.0219. The van der Waals surface area contributed by atoms with Crippen molar-refractivity contribution in [3.05, 3.63) is 23.2 Å². The summed E-state index contributed by atoms with van der Waals surface area (Å²) in [7, 11) is 1.55. The maximum atomic E-state index is 11.7. The fourth-order valence-corrected chi connectivity index (χ4v) is 2.34. The molecule has 0 saturated carbocycles. The average molecular weight is 260 g/mol. The fraction of sp³-hybridized carbons (Fsp3) is 0.364. The largest absolute Gasteiger partial charge is 0.495 e. The highest BCUT2D eigenvalue weighted by Crippen LogP contribution is 2.38. The van der Waals surface area contributed by atoms with Crippen LogP contribution in [-0.4, -0.2) is 24.9 Å². The molecule has 5 heteroatoms. The highest BCUT2D eigenvalue weighted by molar-refractivity contribution is 6.34. The molecule has 0 bridgehead atoms. The number of alkyl halides is 1. The van der Waals surface area contributed by atoms with Gasteiger partial charge in [0.05, 0.1) is 17.5 Å². The van der Waals surface area contributed by atoms with E-state index in [0.717, 1.165) is 0 Å². The molecule has 1 saturated heterocycles. The second-order valence-electron chi connectivity index (χ2n) is 3.60. The van der Waals surface area contributed by atoms with E-state index < -0.39 is 0 Å². The molecule has 3 nitrogen and oxygen atoms in total. The Kier molecular flexibility index (Phi) is 3.26. The van der Waals surface area contributed by atoms with E-state index in [1.54, 1.807) is 30.2 Å². The van der Waals surface area contributed by atoms with Crippen LogP contribution in [0.5, 0.6) is 5.75 Å². The van der Waals surface area contributed by atoms with E-state index in [1.807, 2.05) is 0 Å². The number of methoxy groups -OCH3 is 1. The summed E-state index contributed by atoms with van der Waals surface area (Å²) in [5, 5.41) is 0.340. The van der Waals surface area contributed by atoms with E-state index >= 15 is 0 Å². The lowest BCUT2D eigenvalue weighted by atomic mass is 10.2. The lowest BCUT2D eigenvalue weighted by molar-refractivity contribution is -0.117. The normalized spacial score (nSPS) is 20.3. The Hall–Kier alpha value is -0.930. The smallest absolute Gasteiger partial charge is 0.228 e. The summed E-state index contributed by atoms with van der Waals surface area (Å²) < 4.78 is 5.20. The van der Waals surface area contributed by atoms with E-state index in [4.69, 9.17) is 27.9 Å². The Labute approximate surface area is 104 Å². The van der Waals surface area contributed by atoms with Crippen LogP contribution in [0.3, 0.4) is 0 Å². The molecule has 1 aromatic rings. The number of carbonyl (C=O) groups excluding carboxylic acids is 1. The predicted molar refractivity (Wildman–Crippen MR) is 64.6 cm³/mol. The van der Waals surface area contributed by atoms with Gasteiger partial charge < -0.3 is 9.64 Å². The zero-order valence-electron chi connectivity index (χ0n) is 8.74. The van der Waals surface area contributed by atoms with Gasteiger partial charge >= 0.3 is 0 Å². The summed E-state index contributed by atoms with van der Waals surface area (Å²) in [6, 6.07) is 5.29. The Balaban J connectivity index is 2.43. The number of para-hydroxylation sites is 1. The third-order valence-corrected chi connectivity index (χ3v) is 3.11. The van der Waals surface area contributed by atoms with Gasteiger partial charge in [0.15, 0.2) is 0 Å². The molecule has 1 heterocycles. The predicted octanol–water partition coefficient (Wildman–Crippen LogP) is 2.69. The minimum Gasteiger partial charge on any atom is -0.495 e. The van der Waals surface area contributed by atoms with E-state index in [-0.39, 0.29) is 11.3 Å².